The molecule has 1 heterocycles. The molecule has 0 saturated heterocycles. The third-order valence-electron chi connectivity index (χ3n) is 3.61. The number of amides is 3. The first-order valence-corrected chi connectivity index (χ1v) is 8.33. The highest BCUT2D eigenvalue weighted by Gasteiger charge is 2.17. The van der Waals surface area contributed by atoms with Gasteiger partial charge in [0.2, 0.25) is 5.91 Å². The van der Waals surface area contributed by atoms with Crippen LogP contribution < -0.4 is 10.6 Å². The van der Waals surface area contributed by atoms with E-state index in [1.807, 2.05) is 29.5 Å². The summed E-state index contributed by atoms with van der Waals surface area (Å²) in [5, 5.41) is 7.31. The molecule has 0 aliphatic heterocycles. The van der Waals surface area contributed by atoms with Crippen molar-refractivity contribution < 1.29 is 9.59 Å². The van der Waals surface area contributed by atoms with Crippen LogP contribution in [0.1, 0.15) is 37.0 Å². The number of carbonyl (C=O) groups excluding carboxylic acids is 2. The molecule has 1 aromatic rings. The summed E-state index contributed by atoms with van der Waals surface area (Å²) in [5.41, 5.74) is 0. The van der Waals surface area contributed by atoms with Crippen molar-refractivity contribution in [1.29, 1.82) is 0 Å². The van der Waals surface area contributed by atoms with Gasteiger partial charge in [-0.25, -0.2) is 4.79 Å². The number of hydrogen-bond acceptors (Lipinski definition) is 4. The van der Waals surface area contributed by atoms with Crippen molar-refractivity contribution in [2.24, 2.45) is 0 Å². The summed E-state index contributed by atoms with van der Waals surface area (Å²) in [6.45, 7) is 0.936. The standard InChI is InChI=1S/C15H23N3O2S/c1-18(10-13-8-5-9-21-13)11-14(19)17-15(20)16-12-6-3-2-4-7-12/h5,8-9,12H,2-4,6-7,10-11H2,1H3,(H2,16,17,19,20). The van der Waals surface area contributed by atoms with Crippen molar-refractivity contribution in [2.45, 2.75) is 44.7 Å². The van der Waals surface area contributed by atoms with Crippen molar-refractivity contribution in [3.05, 3.63) is 22.4 Å². The van der Waals surface area contributed by atoms with Crippen LogP contribution in [-0.4, -0.2) is 36.5 Å². The molecule has 0 aromatic carbocycles. The number of hydrogen-bond donors (Lipinski definition) is 2. The lowest BCUT2D eigenvalue weighted by Crippen LogP contribution is -2.47. The Balaban J connectivity index is 1.66. The fourth-order valence-corrected chi connectivity index (χ4v) is 3.39. The second-order valence-corrected chi connectivity index (χ2v) is 6.64. The zero-order chi connectivity index (χ0) is 15.1. The molecule has 1 saturated carbocycles. The lowest BCUT2D eigenvalue weighted by atomic mass is 9.96. The Kier molecular flexibility index (Phi) is 6.20. The van der Waals surface area contributed by atoms with E-state index < -0.39 is 0 Å². The Morgan fingerprint density at radius 3 is 2.76 bits per heavy atom. The smallest absolute Gasteiger partial charge is 0.321 e. The third-order valence-corrected chi connectivity index (χ3v) is 4.47. The number of rotatable bonds is 5. The minimum atomic E-state index is -0.364. The van der Waals surface area contributed by atoms with Crippen LogP contribution in [0.3, 0.4) is 0 Å². The Labute approximate surface area is 129 Å². The highest BCUT2D eigenvalue weighted by atomic mass is 32.1. The van der Waals surface area contributed by atoms with Crippen LogP contribution in [0, 0.1) is 0 Å². The average Bonchev–Trinajstić information content (AvgIpc) is 2.91. The molecule has 0 radical (unpaired) electrons. The number of urea groups is 1. The highest BCUT2D eigenvalue weighted by Crippen LogP contribution is 2.17. The first-order valence-electron chi connectivity index (χ1n) is 7.45. The molecule has 1 aromatic heterocycles. The largest absolute Gasteiger partial charge is 0.335 e. The van der Waals surface area contributed by atoms with Crippen LogP contribution in [0.5, 0.6) is 0 Å². The van der Waals surface area contributed by atoms with Gasteiger partial charge in [-0.05, 0) is 31.3 Å². The van der Waals surface area contributed by atoms with Crippen LogP contribution >= 0.6 is 11.3 Å². The van der Waals surface area contributed by atoms with E-state index in [2.05, 4.69) is 10.6 Å². The summed E-state index contributed by atoms with van der Waals surface area (Å²) in [6.07, 6.45) is 5.58. The Bertz CT molecular complexity index is 455. The second kappa shape index (κ2) is 8.14. The zero-order valence-corrected chi connectivity index (χ0v) is 13.2. The fraction of sp³-hybridized carbons (Fsp3) is 0.600. The van der Waals surface area contributed by atoms with Gasteiger partial charge in [-0.3, -0.25) is 15.0 Å². The molecule has 5 nitrogen and oxygen atoms in total. The van der Waals surface area contributed by atoms with E-state index in [1.54, 1.807) is 11.3 Å². The predicted molar refractivity (Wildman–Crippen MR) is 84.2 cm³/mol. The van der Waals surface area contributed by atoms with Crippen LogP contribution in [0.4, 0.5) is 4.79 Å². The van der Waals surface area contributed by atoms with Crippen molar-refractivity contribution in [3.63, 3.8) is 0 Å². The molecule has 1 fully saturated rings. The predicted octanol–water partition coefficient (Wildman–Crippen LogP) is 2.34. The van der Waals surface area contributed by atoms with E-state index in [4.69, 9.17) is 0 Å². The van der Waals surface area contributed by atoms with Crippen molar-refractivity contribution in [1.82, 2.24) is 15.5 Å². The van der Waals surface area contributed by atoms with Gasteiger partial charge in [-0.2, -0.15) is 0 Å². The molecular weight excluding hydrogens is 286 g/mol. The van der Waals surface area contributed by atoms with Gasteiger partial charge >= 0.3 is 6.03 Å². The van der Waals surface area contributed by atoms with Crippen molar-refractivity contribution in [2.75, 3.05) is 13.6 Å². The minimum Gasteiger partial charge on any atom is -0.335 e. The SMILES string of the molecule is CN(CC(=O)NC(=O)NC1CCCCC1)Cc1cccs1. The van der Waals surface area contributed by atoms with E-state index >= 15 is 0 Å². The quantitative estimate of drug-likeness (QED) is 0.877. The number of nitrogens with zero attached hydrogens (tertiary/aromatic N) is 1. The number of thiophene rings is 1. The van der Waals surface area contributed by atoms with Gasteiger partial charge in [0.15, 0.2) is 0 Å². The van der Waals surface area contributed by atoms with Gasteiger partial charge < -0.3 is 5.32 Å². The number of likely N-dealkylation sites (N-methyl/N-ethyl adjacent to an activating group) is 1. The summed E-state index contributed by atoms with van der Waals surface area (Å²) >= 11 is 1.66. The van der Waals surface area contributed by atoms with Crippen molar-refractivity contribution in [3.8, 4) is 0 Å². The van der Waals surface area contributed by atoms with E-state index in [9.17, 15) is 9.59 Å². The normalized spacial score (nSPS) is 15.9. The summed E-state index contributed by atoms with van der Waals surface area (Å²) in [6, 6.07) is 3.88. The van der Waals surface area contributed by atoms with Gasteiger partial charge in [0, 0.05) is 17.5 Å². The first kappa shape index (κ1) is 16.0. The Morgan fingerprint density at radius 2 is 2.10 bits per heavy atom. The molecule has 1 aliphatic carbocycles. The Hall–Kier alpha value is -1.40. The molecule has 0 bridgehead atoms. The molecule has 2 N–H and O–H groups in total. The molecule has 1 aliphatic rings. The molecule has 0 atom stereocenters. The van der Waals surface area contributed by atoms with Crippen LogP contribution in [0.2, 0.25) is 0 Å². The van der Waals surface area contributed by atoms with Crippen LogP contribution in [0.25, 0.3) is 0 Å². The molecular formula is C15H23N3O2S. The lowest BCUT2D eigenvalue weighted by molar-refractivity contribution is -0.120. The van der Waals surface area contributed by atoms with Gasteiger partial charge in [-0.15, -0.1) is 11.3 Å². The van der Waals surface area contributed by atoms with E-state index in [1.165, 1.54) is 11.3 Å². The molecule has 6 heteroatoms. The summed E-state index contributed by atoms with van der Waals surface area (Å²) in [7, 11) is 1.87. The topological polar surface area (TPSA) is 61.4 Å². The molecule has 3 amide bonds. The van der Waals surface area contributed by atoms with Crippen molar-refractivity contribution >= 4 is 23.3 Å². The maximum atomic E-state index is 11.8. The fourth-order valence-electron chi connectivity index (χ4n) is 2.60. The zero-order valence-electron chi connectivity index (χ0n) is 12.4. The summed E-state index contributed by atoms with van der Waals surface area (Å²) in [5.74, 6) is -0.262. The van der Waals surface area contributed by atoms with Gasteiger partial charge in [-0.1, -0.05) is 25.3 Å². The molecule has 0 unspecified atom stereocenters. The maximum absolute atomic E-state index is 11.8. The lowest BCUT2D eigenvalue weighted by Gasteiger charge is -2.23. The highest BCUT2D eigenvalue weighted by molar-refractivity contribution is 7.09. The maximum Gasteiger partial charge on any atom is 0.321 e. The van der Waals surface area contributed by atoms with Crippen LogP contribution in [-0.2, 0) is 11.3 Å². The monoisotopic (exact) mass is 309 g/mol. The summed E-state index contributed by atoms with van der Waals surface area (Å²) in [4.78, 5) is 26.7. The van der Waals surface area contributed by atoms with E-state index in [0.29, 0.717) is 0 Å². The summed E-state index contributed by atoms with van der Waals surface area (Å²) < 4.78 is 0. The second-order valence-electron chi connectivity index (χ2n) is 5.61. The molecule has 116 valence electrons. The van der Waals surface area contributed by atoms with E-state index in [-0.39, 0.29) is 24.5 Å². The molecule has 0 spiro atoms. The molecule has 21 heavy (non-hydrogen) atoms. The van der Waals surface area contributed by atoms with Gasteiger partial charge in [0.1, 0.15) is 0 Å². The first-order chi connectivity index (χ1) is 10.1. The number of imide groups is 1. The number of nitrogens with one attached hydrogen (secondary N) is 2. The van der Waals surface area contributed by atoms with Crippen LogP contribution in [0.15, 0.2) is 17.5 Å². The van der Waals surface area contributed by atoms with Gasteiger partial charge in [0.25, 0.3) is 0 Å². The average molecular weight is 309 g/mol. The Morgan fingerprint density at radius 1 is 1.33 bits per heavy atom. The molecule has 2 rings (SSSR count). The van der Waals surface area contributed by atoms with E-state index in [0.717, 1.165) is 32.2 Å². The minimum absolute atomic E-state index is 0.218. The third kappa shape index (κ3) is 5.85. The van der Waals surface area contributed by atoms with Gasteiger partial charge in [0.05, 0.1) is 6.54 Å². The number of carbonyl (C=O) groups is 2.